The largest absolute Gasteiger partial charge is 0.377 e. The number of imidazole rings is 1. The van der Waals surface area contributed by atoms with Gasteiger partial charge >= 0.3 is 0 Å². The molecular weight excluding hydrogens is 326 g/mol. The first-order valence-corrected chi connectivity index (χ1v) is 8.01. The van der Waals surface area contributed by atoms with Crippen LogP contribution < -0.4 is 5.32 Å². The highest BCUT2D eigenvalue weighted by molar-refractivity contribution is 9.10. The maximum atomic E-state index is 4.76. The number of aryl methyl sites for hydroxylation is 1. The molecule has 1 N–H and O–H groups in total. The highest BCUT2D eigenvalue weighted by atomic mass is 79.9. The van der Waals surface area contributed by atoms with Gasteiger partial charge in [-0.05, 0) is 46.6 Å². The lowest BCUT2D eigenvalue weighted by atomic mass is 10.3. The van der Waals surface area contributed by atoms with Crippen molar-refractivity contribution < 1.29 is 0 Å². The Balaban J connectivity index is 1.89. The molecule has 21 heavy (non-hydrogen) atoms. The number of nitrogens with zero attached hydrogens (tertiary/aromatic N) is 2. The van der Waals surface area contributed by atoms with Gasteiger partial charge in [0.2, 0.25) is 0 Å². The number of nitrogens with one attached hydrogen (secondary N) is 1. The number of anilines is 1. The van der Waals surface area contributed by atoms with Crippen LogP contribution >= 0.6 is 15.9 Å². The lowest BCUT2D eigenvalue weighted by Gasteiger charge is -2.10. The molecule has 3 rings (SSSR count). The molecule has 4 heteroatoms. The Hall–Kier alpha value is -1.81. The van der Waals surface area contributed by atoms with E-state index in [1.165, 1.54) is 5.52 Å². The van der Waals surface area contributed by atoms with E-state index in [1.54, 1.807) is 0 Å². The van der Waals surface area contributed by atoms with Crippen molar-refractivity contribution in [2.24, 2.45) is 0 Å². The summed E-state index contributed by atoms with van der Waals surface area (Å²) in [6.45, 7) is 3.91. The van der Waals surface area contributed by atoms with E-state index in [0.29, 0.717) is 0 Å². The number of hydrogen-bond donors (Lipinski definition) is 1. The fraction of sp³-hybridized carbons (Fsp3) is 0.235. The number of halogens is 1. The first kappa shape index (κ1) is 14.1. The molecule has 0 aliphatic rings. The summed E-state index contributed by atoms with van der Waals surface area (Å²) in [6, 6.07) is 16.5. The monoisotopic (exact) mass is 343 g/mol. The van der Waals surface area contributed by atoms with Gasteiger partial charge in [0.25, 0.3) is 0 Å². The Morgan fingerprint density at radius 1 is 1.10 bits per heavy atom. The van der Waals surface area contributed by atoms with Gasteiger partial charge in [0.1, 0.15) is 5.82 Å². The standard InChI is InChI=1S/C17H18BrN3/c1-2-11-21-16-10-6-5-9-15(16)20-17(21)12-19-14-8-4-3-7-13(14)18/h3-10,19H,2,11-12H2,1H3. The zero-order valence-corrected chi connectivity index (χ0v) is 13.6. The van der Waals surface area contributed by atoms with Gasteiger partial charge in [-0.1, -0.05) is 31.2 Å². The van der Waals surface area contributed by atoms with E-state index in [1.807, 2.05) is 24.3 Å². The van der Waals surface area contributed by atoms with E-state index in [-0.39, 0.29) is 0 Å². The van der Waals surface area contributed by atoms with Gasteiger partial charge in [-0.3, -0.25) is 0 Å². The summed E-state index contributed by atoms with van der Waals surface area (Å²) in [5, 5.41) is 3.46. The SMILES string of the molecule is CCCn1c(CNc2ccccc2Br)nc2ccccc21. The first-order chi connectivity index (χ1) is 10.3. The molecule has 1 aromatic heterocycles. The van der Waals surface area contributed by atoms with Crippen LogP contribution in [0.4, 0.5) is 5.69 Å². The maximum Gasteiger partial charge on any atom is 0.129 e. The van der Waals surface area contributed by atoms with Gasteiger partial charge in [-0.25, -0.2) is 4.98 Å². The van der Waals surface area contributed by atoms with Crippen molar-refractivity contribution in [2.75, 3.05) is 5.32 Å². The summed E-state index contributed by atoms with van der Waals surface area (Å²) in [4.78, 5) is 4.76. The van der Waals surface area contributed by atoms with Gasteiger partial charge in [-0.2, -0.15) is 0 Å². The number of hydrogen-bond acceptors (Lipinski definition) is 2. The lowest BCUT2D eigenvalue weighted by Crippen LogP contribution is -2.09. The van der Waals surface area contributed by atoms with Crippen molar-refractivity contribution in [3.63, 3.8) is 0 Å². The molecule has 0 unspecified atom stereocenters. The minimum Gasteiger partial charge on any atom is -0.377 e. The van der Waals surface area contributed by atoms with Crippen LogP contribution in [-0.4, -0.2) is 9.55 Å². The maximum absolute atomic E-state index is 4.76. The van der Waals surface area contributed by atoms with Crippen LogP contribution in [0.3, 0.4) is 0 Å². The van der Waals surface area contributed by atoms with E-state index in [0.717, 1.165) is 41.0 Å². The van der Waals surface area contributed by atoms with Gasteiger partial charge in [0.05, 0.1) is 17.6 Å². The third kappa shape index (κ3) is 2.95. The van der Waals surface area contributed by atoms with Crippen molar-refractivity contribution in [3.8, 4) is 0 Å². The first-order valence-electron chi connectivity index (χ1n) is 7.22. The molecule has 0 atom stereocenters. The summed E-state index contributed by atoms with van der Waals surface area (Å²) in [5.41, 5.74) is 3.37. The molecule has 0 spiro atoms. The third-order valence-electron chi connectivity index (χ3n) is 3.49. The normalized spacial score (nSPS) is 11.0. The fourth-order valence-corrected chi connectivity index (χ4v) is 2.94. The molecule has 3 nitrogen and oxygen atoms in total. The summed E-state index contributed by atoms with van der Waals surface area (Å²) in [5.74, 6) is 1.08. The molecule has 0 aliphatic carbocycles. The van der Waals surface area contributed by atoms with Crippen molar-refractivity contribution >= 4 is 32.7 Å². The molecule has 108 valence electrons. The summed E-state index contributed by atoms with van der Waals surface area (Å²) in [7, 11) is 0. The molecule has 0 amide bonds. The second kappa shape index (κ2) is 6.31. The number of benzene rings is 2. The molecule has 0 radical (unpaired) electrons. The second-order valence-corrected chi connectivity index (χ2v) is 5.86. The number of aromatic nitrogens is 2. The van der Waals surface area contributed by atoms with Crippen molar-refractivity contribution in [2.45, 2.75) is 26.4 Å². The minimum atomic E-state index is 0.720. The highest BCUT2D eigenvalue weighted by Gasteiger charge is 2.09. The Kier molecular flexibility index (Phi) is 4.25. The third-order valence-corrected chi connectivity index (χ3v) is 4.18. The molecule has 1 heterocycles. The molecule has 3 aromatic rings. The van der Waals surface area contributed by atoms with Crippen molar-refractivity contribution in [3.05, 3.63) is 58.8 Å². The Bertz CT molecular complexity index is 749. The average Bonchev–Trinajstić information content (AvgIpc) is 2.85. The zero-order chi connectivity index (χ0) is 14.7. The van der Waals surface area contributed by atoms with Crippen LogP contribution in [0.2, 0.25) is 0 Å². The van der Waals surface area contributed by atoms with E-state index < -0.39 is 0 Å². The lowest BCUT2D eigenvalue weighted by molar-refractivity contribution is 0.661. The fourth-order valence-electron chi connectivity index (χ4n) is 2.51. The van der Waals surface area contributed by atoms with Gasteiger partial charge in [0, 0.05) is 16.7 Å². The van der Waals surface area contributed by atoms with Gasteiger partial charge in [0.15, 0.2) is 0 Å². The molecular formula is C17H18BrN3. The van der Waals surface area contributed by atoms with Crippen LogP contribution in [-0.2, 0) is 13.1 Å². The van der Waals surface area contributed by atoms with Crippen LogP contribution in [0, 0.1) is 0 Å². The Morgan fingerprint density at radius 3 is 2.67 bits per heavy atom. The highest BCUT2D eigenvalue weighted by Crippen LogP contribution is 2.23. The smallest absolute Gasteiger partial charge is 0.129 e. The van der Waals surface area contributed by atoms with E-state index in [2.05, 4.69) is 57.0 Å². The predicted molar refractivity (Wildman–Crippen MR) is 91.5 cm³/mol. The molecule has 0 saturated heterocycles. The van der Waals surface area contributed by atoms with Crippen LogP contribution in [0.25, 0.3) is 11.0 Å². The Labute approximate surface area is 133 Å². The van der Waals surface area contributed by atoms with Crippen LogP contribution in [0.1, 0.15) is 19.2 Å². The number of rotatable bonds is 5. The second-order valence-electron chi connectivity index (χ2n) is 5.00. The van der Waals surface area contributed by atoms with E-state index in [4.69, 9.17) is 4.98 Å². The number of para-hydroxylation sites is 3. The average molecular weight is 344 g/mol. The summed E-state index contributed by atoms with van der Waals surface area (Å²) in [6.07, 6.45) is 1.10. The van der Waals surface area contributed by atoms with E-state index >= 15 is 0 Å². The molecule has 0 saturated carbocycles. The number of fused-ring (bicyclic) bond motifs is 1. The summed E-state index contributed by atoms with van der Waals surface area (Å²) < 4.78 is 3.38. The van der Waals surface area contributed by atoms with Crippen molar-refractivity contribution in [1.29, 1.82) is 0 Å². The van der Waals surface area contributed by atoms with Crippen LogP contribution in [0.15, 0.2) is 53.0 Å². The molecule has 0 fully saturated rings. The molecule has 2 aromatic carbocycles. The Morgan fingerprint density at radius 2 is 1.86 bits per heavy atom. The molecule has 0 aliphatic heterocycles. The summed E-state index contributed by atoms with van der Waals surface area (Å²) >= 11 is 3.56. The van der Waals surface area contributed by atoms with Crippen LogP contribution in [0.5, 0.6) is 0 Å². The predicted octanol–water partition coefficient (Wildman–Crippen LogP) is 4.82. The molecule has 0 bridgehead atoms. The van der Waals surface area contributed by atoms with Crippen molar-refractivity contribution in [1.82, 2.24) is 9.55 Å². The topological polar surface area (TPSA) is 29.9 Å². The van der Waals surface area contributed by atoms with Gasteiger partial charge in [-0.15, -0.1) is 0 Å². The zero-order valence-electron chi connectivity index (χ0n) is 12.0. The van der Waals surface area contributed by atoms with E-state index in [9.17, 15) is 0 Å². The van der Waals surface area contributed by atoms with Gasteiger partial charge < -0.3 is 9.88 Å². The quantitative estimate of drug-likeness (QED) is 0.719. The minimum absolute atomic E-state index is 0.720.